The van der Waals surface area contributed by atoms with Crippen molar-refractivity contribution in [3.05, 3.63) is 35.4 Å². The van der Waals surface area contributed by atoms with Gasteiger partial charge in [-0.2, -0.15) is 0 Å². The number of likely N-dealkylation sites (tertiary alicyclic amines) is 1. The van der Waals surface area contributed by atoms with Crippen molar-refractivity contribution in [2.75, 3.05) is 26.4 Å². The number of fused-ring (bicyclic) bond motifs is 1. The van der Waals surface area contributed by atoms with Gasteiger partial charge in [-0.3, -0.25) is 33.8 Å². The molecule has 182 valence electrons. The predicted octanol–water partition coefficient (Wildman–Crippen LogP) is 0.147. The van der Waals surface area contributed by atoms with Crippen molar-refractivity contribution in [1.82, 2.24) is 20.0 Å². The Morgan fingerprint density at radius 1 is 1.09 bits per heavy atom. The zero-order valence-electron chi connectivity index (χ0n) is 19.4. The molecule has 0 bridgehead atoms. The monoisotopic (exact) mass is 472 g/mol. The molecule has 0 radical (unpaired) electrons. The molecule has 1 aromatic carbocycles. The first-order valence-electron chi connectivity index (χ1n) is 11.2. The summed E-state index contributed by atoms with van der Waals surface area (Å²) in [4.78, 5) is 78.7. The number of hydrogen-bond acceptors (Lipinski definition) is 8. The minimum absolute atomic E-state index is 0.00853. The number of hydrogen-bond donors (Lipinski definition) is 1. The number of imide groups is 2. The summed E-state index contributed by atoms with van der Waals surface area (Å²) in [5.74, 6) is -3.76. The molecule has 0 aliphatic carbocycles. The number of piperidine rings is 1. The van der Waals surface area contributed by atoms with Gasteiger partial charge in [-0.1, -0.05) is 26.0 Å². The van der Waals surface area contributed by atoms with E-state index in [1.165, 1.54) is 19.1 Å². The quantitative estimate of drug-likeness (QED) is 0.397. The molecule has 2 heterocycles. The molecule has 3 rings (SSSR count). The van der Waals surface area contributed by atoms with Crippen LogP contribution in [0.15, 0.2) is 24.3 Å². The lowest BCUT2D eigenvalue weighted by Crippen LogP contribution is -2.57. The van der Waals surface area contributed by atoms with Crippen molar-refractivity contribution in [3.63, 3.8) is 0 Å². The van der Waals surface area contributed by atoms with E-state index < -0.39 is 48.4 Å². The van der Waals surface area contributed by atoms with E-state index in [1.807, 2.05) is 18.7 Å². The van der Waals surface area contributed by atoms with Crippen LogP contribution in [0.5, 0.6) is 0 Å². The topological polar surface area (TPSA) is 133 Å². The third kappa shape index (κ3) is 4.98. The molecular formula is C23H28N4O7. The van der Waals surface area contributed by atoms with Crippen molar-refractivity contribution in [3.8, 4) is 0 Å². The first kappa shape index (κ1) is 25.0. The SMILES string of the molecule is CCN(CC)CC(=O)N[C@@H](C)C(=O)OCN1C(=O)CCC(N2C(=O)c3ccccc3C2=O)C1=O. The van der Waals surface area contributed by atoms with Crippen LogP contribution in [-0.4, -0.2) is 88.7 Å². The van der Waals surface area contributed by atoms with Crippen molar-refractivity contribution in [1.29, 1.82) is 0 Å². The van der Waals surface area contributed by atoms with Crippen molar-refractivity contribution >= 4 is 35.5 Å². The molecule has 11 heteroatoms. The van der Waals surface area contributed by atoms with Gasteiger partial charge in [0.15, 0.2) is 6.73 Å². The highest BCUT2D eigenvalue weighted by Crippen LogP contribution is 2.28. The smallest absolute Gasteiger partial charge is 0.330 e. The summed E-state index contributed by atoms with van der Waals surface area (Å²) in [7, 11) is 0. The fraction of sp³-hybridized carbons (Fsp3) is 0.478. The van der Waals surface area contributed by atoms with Gasteiger partial charge in [0, 0.05) is 6.42 Å². The number of likely N-dealkylation sites (N-methyl/N-ethyl adjacent to an activating group) is 1. The van der Waals surface area contributed by atoms with Crippen LogP contribution in [0.2, 0.25) is 0 Å². The number of amides is 5. The molecule has 1 N–H and O–H groups in total. The van der Waals surface area contributed by atoms with Gasteiger partial charge in [-0.25, -0.2) is 9.69 Å². The van der Waals surface area contributed by atoms with Crippen molar-refractivity contribution in [2.45, 2.75) is 45.7 Å². The van der Waals surface area contributed by atoms with E-state index in [2.05, 4.69) is 5.32 Å². The predicted molar refractivity (Wildman–Crippen MR) is 118 cm³/mol. The summed E-state index contributed by atoms with van der Waals surface area (Å²) in [5.41, 5.74) is 0.397. The summed E-state index contributed by atoms with van der Waals surface area (Å²) < 4.78 is 5.10. The van der Waals surface area contributed by atoms with Gasteiger partial charge in [0.2, 0.25) is 11.8 Å². The number of benzene rings is 1. The van der Waals surface area contributed by atoms with Crippen LogP contribution in [0.4, 0.5) is 0 Å². The first-order valence-corrected chi connectivity index (χ1v) is 11.2. The van der Waals surface area contributed by atoms with Gasteiger partial charge in [0.05, 0.1) is 17.7 Å². The van der Waals surface area contributed by atoms with Gasteiger partial charge >= 0.3 is 5.97 Å². The third-order valence-corrected chi connectivity index (χ3v) is 5.95. The lowest BCUT2D eigenvalue weighted by atomic mass is 10.0. The molecule has 0 saturated carbocycles. The van der Waals surface area contributed by atoms with Gasteiger partial charge in [-0.15, -0.1) is 0 Å². The number of nitrogens with one attached hydrogen (secondary N) is 1. The number of carbonyl (C=O) groups excluding carboxylic acids is 6. The largest absolute Gasteiger partial charge is 0.442 e. The summed E-state index contributed by atoms with van der Waals surface area (Å²) in [5, 5.41) is 2.52. The van der Waals surface area contributed by atoms with Crippen LogP contribution in [0.3, 0.4) is 0 Å². The Morgan fingerprint density at radius 2 is 1.68 bits per heavy atom. The van der Waals surface area contributed by atoms with Crippen LogP contribution in [0.25, 0.3) is 0 Å². The van der Waals surface area contributed by atoms with E-state index in [9.17, 15) is 28.8 Å². The Labute approximate surface area is 197 Å². The lowest BCUT2D eigenvalue weighted by Gasteiger charge is -2.34. The molecule has 1 unspecified atom stereocenters. The highest BCUT2D eigenvalue weighted by molar-refractivity contribution is 6.23. The Morgan fingerprint density at radius 3 is 2.24 bits per heavy atom. The van der Waals surface area contributed by atoms with Crippen LogP contribution in [0, 0.1) is 0 Å². The highest BCUT2D eigenvalue weighted by Gasteiger charge is 2.47. The molecule has 1 aromatic rings. The first-order chi connectivity index (χ1) is 16.2. The molecule has 1 saturated heterocycles. The minimum atomic E-state index is -1.17. The zero-order chi connectivity index (χ0) is 25.0. The molecule has 2 atom stereocenters. The van der Waals surface area contributed by atoms with E-state index in [1.54, 1.807) is 12.1 Å². The van der Waals surface area contributed by atoms with Crippen molar-refractivity contribution < 1.29 is 33.5 Å². The second-order valence-electron chi connectivity index (χ2n) is 8.08. The summed E-state index contributed by atoms with van der Waals surface area (Å²) in [6, 6.07) is 4.08. The number of carbonyl (C=O) groups is 6. The molecule has 2 aliphatic heterocycles. The average molecular weight is 472 g/mol. The maximum absolute atomic E-state index is 13.0. The molecule has 1 fully saturated rings. The van der Waals surface area contributed by atoms with Crippen molar-refractivity contribution in [2.24, 2.45) is 0 Å². The number of nitrogens with zero attached hydrogens (tertiary/aromatic N) is 3. The van der Waals surface area contributed by atoms with E-state index in [-0.39, 0.29) is 36.4 Å². The van der Waals surface area contributed by atoms with Gasteiger partial charge in [-0.05, 0) is 38.6 Å². The molecule has 0 spiro atoms. The Balaban J connectivity index is 1.61. The fourth-order valence-electron chi connectivity index (χ4n) is 3.94. The minimum Gasteiger partial charge on any atom is -0.442 e. The zero-order valence-corrected chi connectivity index (χ0v) is 19.4. The normalized spacial score (nSPS) is 18.9. The molecule has 0 aromatic heterocycles. The summed E-state index contributed by atoms with van der Waals surface area (Å²) in [6.45, 7) is 6.06. The average Bonchev–Trinajstić information content (AvgIpc) is 3.07. The lowest BCUT2D eigenvalue weighted by molar-refractivity contribution is -0.165. The maximum atomic E-state index is 13.0. The Bertz CT molecular complexity index is 985. The van der Waals surface area contributed by atoms with E-state index in [4.69, 9.17) is 4.74 Å². The fourth-order valence-corrected chi connectivity index (χ4v) is 3.94. The van der Waals surface area contributed by atoms with Gasteiger partial charge in [0.25, 0.3) is 17.7 Å². The second-order valence-corrected chi connectivity index (χ2v) is 8.08. The van der Waals surface area contributed by atoms with Crippen LogP contribution in [0.1, 0.15) is 54.3 Å². The number of ether oxygens (including phenoxy) is 1. The number of esters is 1. The molecule has 5 amide bonds. The molecule has 34 heavy (non-hydrogen) atoms. The van der Waals surface area contributed by atoms with Crippen LogP contribution in [-0.2, 0) is 23.9 Å². The van der Waals surface area contributed by atoms with Crippen LogP contribution >= 0.6 is 0 Å². The second kappa shape index (κ2) is 10.6. The van der Waals surface area contributed by atoms with Gasteiger partial charge < -0.3 is 10.1 Å². The summed E-state index contributed by atoms with van der Waals surface area (Å²) in [6.07, 6.45) is -0.108. The summed E-state index contributed by atoms with van der Waals surface area (Å²) >= 11 is 0. The standard InChI is InChI=1S/C23H28N4O7/c1-4-25(5-2)12-18(28)24-14(3)23(33)34-13-26-19(29)11-10-17(22(26)32)27-20(30)15-8-6-7-9-16(15)21(27)31/h6-9,14,17H,4-5,10-13H2,1-3H3,(H,24,28)/t14-,17?/m0/s1. The molecule has 11 nitrogen and oxygen atoms in total. The van der Waals surface area contributed by atoms with E-state index in [0.717, 1.165) is 9.80 Å². The molecular weight excluding hydrogens is 444 g/mol. The Kier molecular flexibility index (Phi) is 7.77. The van der Waals surface area contributed by atoms with Crippen LogP contribution < -0.4 is 5.32 Å². The molecule has 2 aliphatic rings. The Hall–Kier alpha value is -3.60. The number of rotatable bonds is 9. The third-order valence-electron chi connectivity index (χ3n) is 5.95. The maximum Gasteiger partial charge on any atom is 0.330 e. The highest BCUT2D eigenvalue weighted by atomic mass is 16.5. The van der Waals surface area contributed by atoms with E-state index >= 15 is 0 Å². The van der Waals surface area contributed by atoms with E-state index in [0.29, 0.717) is 13.1 Å². The van der Waals surface area contributed by atoms with Gasteiger partial charge in [0.1, 0.15) is 12.1 Å².